The van der Waals surface area contributed by atoms with Gasteiger partial charge in [-0.2, -0.15) is 0 Å². The first kappa shape index (κ1) is 20.2. The molecule has 0 bridgehead atoms. The van der Waals surface area contributed by atoms with E-state index >= 15 is 0 Å². The van der Waals surface area contributed by atoms with Gasteiger partial charge in [-0.1, -0.05) is 0 Å². The van der Waals surface area contributed by atoms with Gasteiger partial charge in [0.25, 0.3) is 0 Å². The van der Waals surface area contributed by atoms with Gasteiger partial charge in [0.2, 0.25) is 0 Å². The van der Waals surface area contributed by atoms with Crippen LogP contribution in [0, 0.1) is 11.7 Å². The van der Waals surface area contributed by atoms with Crippen molar-refractivity contribution in [2.24, 2.45) is 5.92 Å². The second kappa shape index (κ2) is 9.52. The third kappa shape index (κ3) is 6.63. The van der Waals surface area contributed by atoms with Crippen LogP contribution in [0.5, 0.6) is 5.75 Å². The van der Waals surface area contributed by atoms with Gasteiger partial charge < -0.3 is 14.9 Å². The highest BCUT2D eigenvalue weighted by Crippen LogP contribution is 2.35. The largest absolute Gasteiger partial charge is 0.494 e. The summed E-state index contributed by atoms with van der Waals surface area (Å²) in [5.41, 5.74) is 0. The maximum absolute atomic E-state index is 12.8. The fourth-order valence-electron chi connectivity index (χ4n) is 3.37. The number of hydrogen-bond acceptors (Lipinski definition) is 4. The van der Waals surface area contributed by atoms with Gasteiger partial charge in [0.15, 0.2) is 0 Å². The van der Waals surface area contributed by atoms with Crippen LogP contribution in [0.25, 0.3) is 0 Å². The Balaban J connectivity index is 0.000000352. The summed E-state index contributed by atoms with van der Waals surface area (Å²) >= 11 is 0. The van der Waals surface area contributed by atoms with Crippen molar-refractivity contribution < 1.29 is 28.9 Å². The van der Waals surface area contributed by atoms with Crippen LogP contribution in [0.3, 0.4) is 0 Å². The van der Waals surface area contributed by atoms with E-state index in [2.05, 4.69) is 11.8 Å². The number of carboxylic acids is 2. The summed E-state index contributed by atoms with van der Waals surface area (Å²) in [5.74, 6) is -2.31. The first-order chi connectivity index (χ1) is 12.4. The molecule has 26 heavy (non-hydrogen) atoms. The summed E-state index contributed by atoms with van der Waals surface area (Å²) in [6.45, 7) is 4.37. The molecule has 6 nitrogen and oxygen atoms in total. The lowest BCUT2D eigenvalue weighted by Gasteiger charge is -2.38. The van der Waals surface area contributed by atoms with E-state index in [0.717, 1.165) is 36.8 Å². The van der Waals surface area contributed by atoms with Crippen molar-refractivity contribution in [1.82, 2.24) is 4.90 Å². The minimum Gasteiger partial charge on any atom is -0.494 e. The molecule has 1 heterocycles. The zero-order chi connectivity index (χ0) is 19.1. The van der Waals surface area contributed by atoms with Crippen LogP contribution in [0.4, 0.5) is 4.39 Å². The minimum absolute atomic E-state index is 0.210. The standard InChI is InChI=1S/C17H24FNO.C2H2O4/c1-13-12-14(8-10-19(13)16-4-5-16)9-11-20-17-6-2-15(18)3-7-17;3-1(4)2(5)6/h2-3,6-7,13-14,16H,4-5,8-12H2,1H3;(H,3,4)(H,5,6). The SMILES string of the molecule is CC1CC(CCOc2ccc(F)cc2)CCN1C1CC1.O=C(O)C(=O)O. The van der Waals surface area contributed by atoms with Gasteiger partial charge in [-0.05, 0) is 75.8 Å². The second-order valence-electron chi connectivity index (χ2n) is 6.91. The van der Waals surface area contributed by atoms with E-state index in [0.29, 0.717) is 0 Å². The van der Waals surface area contributed by atoms with Gasteiger partial charge in [-0.25, -0.2) is 14.0 Å². The monoisotopic (exact) mass is 367 g/mol. The molecule has 2 atom stereocenters. The summed E-state index contributed by atoms with van der Waals surface area (Å²) in [6, 6.07) is 7.92. The number of nitrogens with zero attached hydrogens (tertiary/aromatic N) is 1. The van der Waals surface area contributed by atoms with Crippen molar-refractivity contribution in [3.8, 4) is 5.75 Å². The summed E-state index contributed by atoms with van der Waals surface area (Å²) in [7, 11) is 0. The third-order valence-corrected chi connectivity index (χ3v) is 4.84. The Labute approximate surface area is 152 Å². The molecule has 1 aliphatic heterocycles. The second-order valence-corrected chi connectivity index (χ2v) is 6.91. The predicted octanol–water partition coefficient (Wildman–Crippen LogP) is 3.01. The molecule has 144 valence electrons. The van der Waals surface area contributed by atoms with Crippen LogP contribution in [-0.2, 0) is 9.59 Å². The van der Waals surface area contributed by atoms with E-state index in [1.807, 2.05) is 0 Å². The molecule has 1 saturated heterocycles. The van der Waals surface area contributed by atoms with Crippen molar-refractivity contribution in [2.45, 2.75) is 51.1 Å². The molecule has 2 aliphatic rings. The Bertz CT molecular complexity index is 590. The molecule has 1 saturated carbocycles. The van der Waals surface area contributed by atoms with Crippen LogP contribution in [0.1, 0.15) is 39.0 Å². The Morgan fingerprint density at radius 2 is 1.77 bits per heavy atom. The summed E-state index contributed by atoms with van der Waals surface area (Å²) < 4.78 is 18.5. The number of carbonyl (C=O) groups is 2. The lowest BCUT2D eigenvalue weighted by atomic mass is 9.89. The Kier molecular flexibility index (Phi) is 7.38. The molecule has 2 unspecified atom stereocenters. The zero-order valence-electron chi connectivity index (χ0n) is 14.9. The van der Waals surface area contributed by atoms with Crippen LogP contribution in [0.2, 0.25) is 0 Å². The van der Waals surface area contributed by atoms with E-state index < -0.39 is 11.9 Å². The molecule has 1 aromatic carbocycles. The van der Waals surface area contributed by atoms with Crippen molar-refractivity contribution >= 4 is 11.9 Å². The van der Waals surface area contributed by atoms with Crippen molar-refractivity contribution in [3.05, 3.63) is 30.1 Å². The fourth-order valence-corrected chi connectivity index (χ4v) is 3.37. The van der Waals surface area contributed by atoms with Gasteiger partial charge >= 0.3 is 11.9 Å². The lowest BCUT2D eigenvalue weighted by molar-refractivity contribution is -0.159. The topological polar surface area (TPSA) is 87.1 Å². The summed E-state index contributed by atoms with van der Waals surface area (Å²) in [4.78, 5) is 20.9. The smallest absolute Gasteiger partial charge is 0.414 e. The molecular weight excluding hydrogens is 341 g/mol. The average molecular weight is 367 g/mol. The molecule has 0 radical (unpaired) electrons. The highest BCUT2D eigenvalue weighted by Gasteiger charge is 2.35. The van der Waals surface area contributed by atoms with E-state index in [1.165, 1.54) is 44.4 Å². The van der Waals surface area contributed by atoms with Gasteiger partial charge in [-0.3, -0.25) is 4.90 Å². The van der Waals surface area contributed by atoms with Crippen LogP contribution >= 0.6 is 0 Å². The first-order valence-electron chi connectivity index (χ1n) is 8.97. The van der Waals surface area contributed by atoms with Gasteiger partial charge in [0.1, 0.15) is 11.6 Å². The van der Waals surface area contributed by atoms with E-state index in [-0.39, 0.29) is 5.82 Å². The molecular formula is C19H26FNO5. The number of likely N-dealkylation sites (tertiary alicyclic amines) is 1. The molecule has 3 rings (SSSR count). The van der Waals surface area contributed by atoms with Crippen molar-refractivity contribution in [1.29, 1.82) is 0 Å². The number of halogens is 1. The van der Waals surface area contributed by atoms with Crippen LogP contribution in [-0.4, -0.2) is 52.3 Å². The predicted molar refractivity (Wildman–Crippen MR) is 93.7 cm³/mol. The maximum Gasteiger partial charge on any atom is 0.414 e. The molecule has 2 N–H and O–H groups in total. The van der Waals surface area contributed by atoms with Crippen molar-refractivity contribution in [2.75, 3.05) is 13.2 Å². The highest BCUT2D eigenvalue weighted by molar-refractivity contribution is 6.27. The lowest BCUT2D eigenvalue weighted by Crippen LogP contribution is -2.42. The molecule has 0 aromatic heterocycles. The number of ether oxygens (including phenoxy) is 1. The fraction of sp³-hybridized carbons (Fsp3) is 0.579. The molecule has 0 spiro atoms. The summed E-state index contributed by atoms with van der Waals surface area (Å²) in [6.07, 6.45) is 6.52. The van der Waals surface area contributed by atoms with Gasteiger partial charge in [0.05, 0.1) is 6.61 Å². The number of piperidine rings is 1. The maximum atomic E-state index is 12.8. The number of hydrogen-bond donors (Lipinski definition) is 2. The zero-order valence-corrected chi connectivity index (χ0v) is 14.9. The quantitative estimate of drug-likeness (QED) is 0.778. The van der Waals surface area contributed by atoms with Gasteiger partial charge in [-0.15, -0.1) is 0 Å². The van der Waals surface area contributed by atoms with Gasteiger partial charge in [0, 0.05) is 12.1 Å². The average Bonchev–Trinajstić information content (AvgIpc) is 3.42. The molecule has 0 amide bonds. The molecule has 1 aromatic rings. The Hall–Kier alpha value is -2.15. The minimum atomic E-state index is -1.82. The normalized spacial score (nSPS) is 22.8. The van der Waals surface area contributed by atoms with Crippen molar-refractivity contribution in [3.63, 3.8) is 0 Å². The van der Waals surface area contributed by atoms with E-state index in [4.69, 9.17) is 24.5 Å². The Morgan fingerprint density at radius 1 is 1.15 bits per heavy atom. The van der Waals surface area contributed by atoms with Crippen LogP contribution in [0.15, 0.2) is 24.3 Å². The molecule has 1 aliphatic carbocycles. The van der Waals surface area contributed by atoms with E-state index in [9.17, 15) is 4.39 Å². The number of carboxylic acid groups (broad SMARTS) is 2. The van der Waals surface area contributed by atoms with E-state index in [1.54, 1.807) is 12.1 Å². The third-order valence-electron chi connectivity index (χ3n) is 4.84. The molecule has 7 heteroatoms. The number of rotatable bonds is 5. The number of aliphatic carboxylic acids is 2. The Morgan fingerprint density at radius 3 is 2.27 bits per heavy atom. The molecule has 2 fully saturated rings. The first-order valence-corrected chi connectivity index (χ1v) is 8.97. The summed E-state index contributed by atoms with van der Waals surface area (Å²) in [5, 5.41) is 14.8. The number of benzene rings is 1. The highest BCUT2D eigenvalue weighted by atomic mass is 19.1. The van der Waals surface area contributed by atoms with Crippen LogP contribution < -0.4 is 4.74 Å².